The molecule has 29 heavy (non-hydrogen) atoms. The topological polar surface area (TPSA) is 75.9 Å². The van der Waals surface area contributed by atoms with Gasteiger partial charge in [-0.3, -0.25) is 4.79 Å². The molecule has 4 heterocycles. The monoisotopic (exact) mass is 408 g/mol. The van der Waals surface area contributed by atoms with E-state index >= 15 is 0 Å². The SMILES string of the molecule is Cc1nn(-c2ccc(N3CCCC3)nn2)c2c1C(c1ccccc1Cl)CC(=O)N2. The van der Waals surface area contributed by atoms with Crippen LogP contribution in [0.2, 0.25) is 5.02 Å². The summed E-state index contributed by atoms with van der Waals surface area (Å²) in [5, 5.41) is 17.1. The second kappa shape index (κ2) is 7.15. The molecule has 2 aromatic heterocycles. The molecular formula is C21H21ClN6O. The average Bonchev–Trinajstić information content (AvgIpc) is 3.37. The fourth-order valence-corrected chi connectivity index (χ4v) is 4.55. The van der Waals surface area contributed by atoms with Gasteiger partial charge in [0.1, 0.15) is 5.82 Å². The van der Waals surface area contributed by atoms with E-state index < -0.39 is 0 Å². The summed E-state index contributed by atoms with van der Waals surface area (Å²) in [5.41, 5.74) is 2.75. The number of nitrogens with zero attached hydrogens (tertiary/aromatic N) is 5. The summed E-state index contributed by atoms with van der Waals surface area (Å²) in [6, 6.07) is 11.5. The van der Waals surface area contributed by atoms with Gasteiger partial charge in [-0.05, 0) is 43.5 Å². The standard InChI is InChI=1S/C21H21ClN6O/c1-13-20-15(14-6-2-3-7-16(14)22)12-19(29)23-21(20)28(26-13)18-9-8-17(24-25-18)27-10-4-5-11-27/h2-3,6-9,15H,4-5,10-12H2,1H3,(H,23,29). The molecule has 148 valence electrons. The molecule has 0 spiro atoms. The Morgan fingerprint density at radius 3 is 2.52 bits per heavy atom. The van der Waals surface area contributed by atoms with E-state index in [0.717, 1.165) is 35.7 Å². The Labute approximate surface area is 173 Å². The maximum Gasteiger partial charge on any atom is 0.226 e. The van der Waals surface area contributed by atoms with Crippen molar-refractivity contribution in [3.63, 3.8) is 0 Å². The number of amides is 1. The molecule has 1 atom stereocenters. The van der Waals surface area contributed by atoms with Crippen molar-refractivity contribution in [2.24, 2.45) is 0 Å². The van der Waals surface area contributed by atoms with Gasteiger partial charge in [-0.15, -0.1) is 10.2 Å². The van der Waals surface area contributed by atoms with Gasteiger partial charge in [0.15, 0.2) is 11.6 Å². The maximum absolute atomic E-state index is 12.5. The van der Waals surface area contributed by atoms with Gasteiger partial charge in [0.05, 0.1) is 5.69 Å². The van der Waals surface area contributed by atoms with Crippen LogP contribution in [0.4, 0.5) is 11.6 Å². The summed E-state index contributed by atoms with van der Waals surface area (Å²) in [6.07, 6.45) is 2.71. The zero-order valence-corrected chi connectivity index (χ0v) is 16.9. The number of nitrogens with one attached hydrogen (secondary N) is 1. The molecule has 1 fully saturated rings. The zero-order chi connectivity index (χ0) is 20.0. The molecule has 2 aliphatic rings. The molecule has 1 saturated heterocycles. The average molecular weight is 409 g/mol. The Morgan fingerprint density at radius 2 is 1.79 bits per heavy atom. The van der Waals surface area contributed by atoms with Crippen LogP contribution in [0, 0.1) is 6.92 Å². The number of aryl methyl sites for hydroxylation is 1. The molecule has 3 aromatic rings. The van der Waals surface area contributed by atoms with Crippen molar-refractivity contribution < 1.29 is 4.79 Å². The van der Waals surface area contributed by atoms with Crippen molar-refractivity contribution in [3.05, 3.63) is 58.2 Å². The summed E-state index contributed by atoms with van der Waals surface area (Å²) in [5.74, 6) is 1.90. The second-order valence-electron chi connectivity index (χ2n) is 7.53. The van der Waals surface area contributed by atoms with E-state index in [1.165, 1.54) is 12.8 Å². The predicted molar refractivity (Wildman–Crippen MR) is 112 cm³/mol. The highest BCUT2D eigenvalue weighted by Gasteiger charge is 2.33. The molecule has 1 amide bonds. The molecule has 7 nitrogen and oxygen atoms in total. The van der Waals surface area contributed by atoms with Crippen molar-refractivity contribution in [2.75, 3.05) is 23.3 Å². The van der Waals surface area contributed by atoms with Crippen LogP contribution in [0.15, 0.2) is 36.4 Å². The van der Waals surface area contributed by atoms with E-state index in [0.29, 0.717) is 23.1 Å². The highest BCUT2D eigenvalue weighted by molar-refractivity contribution is 6.31. The lowest BCUT2D eigenvalue weighted by Gasteiger charge is -2.25. The number of halogens is 1. The first-order valence-corrected chi connectivity index (χ1v) is 10.2. The largest absolute Gasteiger partial charge is 0.355 e. The molecule has 2 aliphatic heterocycles. The Hall–Kier alpha value is -2.93. The number of aromatic nitrogens is 4. The molecule has 1 aromatic carbocycles. The van der Waals surface area contributed by atoms with Crippen molar-refractivity contribution in [2.45, 2.75) is 32.1 Å². The van der Waals surface area contributed by atoms with Gasteiger partial charge in [-0.25, -0.2) is 0 Å². The smallest absolute Gasteiger partial charge is 0.226 e. The van der Waals surface area contributed by atoms with Crippen LogP contribution in [-0.2, 0) is 4.79 Å². The first-order valence-electron chi connectivity index (χ1n) is 9.84. The normalized spacial score (nSPS) is 18.6. The summed E-state index contributed by atoms with van der Waals surface area (Å²) < 4.78 is 1.67. The predicted octanol–water partition coefficient (Wildman–Crippen LogP) is 3.70. The van der Waals surface area contributed by atoms with Crippen LogP contribution in [-0.4, -0.2) is 39.0 Å². The fourth-order valence-electron chi connectivity index (χ4n) is 4.28. The summed E-state index contributed by atoms with van der Waals surface area (Å²) >= 11 is 6.44. The quantitative estimate of drug-likeness (QED) is 0.715. The van der Waals surface area contributed by atoms with Gasteiger partial charge in [0.2, 0.25) is 5.91 Å². The first kappa shape index (κ1) is 18.1. The third-order valence-electron chi connectivity index (χ3n) is 5.67. The van der Waals surface area contributed by atoms with E-state index in [1.54, 1.807) is 4.68 Å². The van der Waals surface area contributed by atoms with E-state index in [1.807, 2.05) is 43.3 Å². The molecule has 0 saturated carbocycles. The summed E-state index contributed by atoms with van der Waals surface area (Å²) in [4.78, 5) is 14.7. The molecule has 1 N–H and O–H groups in total. The fraction of sp³-hybridized carbons (Fsp3) is 0.333. The third kappa shape index (κ3) is 3.15. The second-order valence-corrected chi connectivity index (χ2v) is 7.94. The van der Waals surface area contributed by atoms with Crippen LogP contribution >= 0.6 is 11.6 Å². The van der Waals surface area contributed by atoms with Gasteiger partial charge < -0.3 is 10.2 Å². The molecule has 5 rings (SSSR count). The highest BCUT2D eigenvalue weighted by atomic mass is 35.5. The minimum absolute atomic E-state index is 0.0646. The number of rotatable bonds is 3. The van der Waals surface area contributed by atoms with Gasteiger partial charge in [0, 0.05) is 36.0 Å². The Morgan fingerprint density at radius 1 is 1.07 bits per heavy atom. The zero-order valence-electron chi connectivity index (χ0n) is 16.1. The number of anilines is 2. The number of carbonyl (C=O) groups is 1. The van der Waals surface area contributed by atoms with E-state index in [4.69, 9.17) is 11.6 Å². The highest BCUT2D eigenvalue weighted by Crippen LogP contribution is 2.42. The minimum atomic E-state index is -0.141. The van der Waals surface area contributed by atoms with Crippen molar-refractivity contribution in [1.82, 2.24) is 20.0 Å². The third-order valence-corrected chi connectivity index (χ3v) is 6.01. The molecule has 0 aliphatic carbocycles. The van der Waals surface area contributed by atoms with Gasteiger partial charge in [-0.2, -0.15) is 9.78 Å². The van der Waals surface area contributed by atoms with Crippen LogP contribution in [0.25, 0.3) is 5.82 Å². The molecule has 1 unspecified atom stereocenters. The number of hydrogen-bond donors (Lipinski definition) is 1. The summed E-state index contributed by atoms with van der Waals surface area (Å²) in [7, 11) is 0. The van der Waals surface area contributed by atoms with Crippen LogP contribution in [0.3, 0.4) is 0 Å². The lowest BCUT2D eigenvalue weighted by molar-refractivity contribution is -0.116. The van der Waals surface area contributed by atoms with E-state index in [2.05, 4.69) is 25.5 Å². The van der Waals surface area contributed by atoms with E-state index in [9.17, 15) is 4.79 Å². The van der Waals surface area contributed by atoms with E-state index in [-0.39, 0.29) is 11.8 Å². The van der Waals surface area contributed by atoms with Crippen molar-refractivity contribution >= 4 is 29.1 Å². The Kier molecular flexibility index (Phi) is 4.47. The lowest BCUT2D eigenvalue weighted by atomic mass is 9.86. The maximum atomic E-state index is 12.5. The number of carbonyl (C=O) groups excluding carboxylic acids is 1. The molecule has 0 bridgehead atoms. The lowest BCUT2D eigenvalue weighted by Crippen LogP contribution is -2.25. The van der Waals surface area contributed by atoms with Crippen molar-refractivity contribution in [3.8, 4) is 5.82 Å². The van der Waals surface area contributed by atoms with Crippen molar-refractivity contribution in [1.29, 1.82) is 0 Å². The van der Waals surface area contributed by atoms with Crippen LogP contribution in [0.1, 0.15) is 42.0 Å². The Bertz CT molecular complexity index is 1070. The summed E-state index contributed by atoms with van der Waals surface area (Å²) in [6.45, 7) is 3.97. The van der Waals surface area contributed by atoms with Crippen LogP contribution in [0.5, 0.6) is 0 Å². The van der Waals surface area contributed by atoms with Crippen LogP contribution < -0.4 is 10.2 Å². The number of fused-ring (bicyclic) bond motifs is 1. The number of hydrogen-bond acceptors (Lipinski definition) is 5. The molecular weight excluding hydrogens is 388 g/mol. The Balaban J connectivity index is 1.56. The first-order chi connectivity index (χ1) is 14.1. The minimum Gasteiger partial charge on any atom is -0.355 e. The van der Waals surface area contributed by atoms with Gasteiger partial charge in [0.25, 0.3) is 0 Å². The molecule has 8 heteroatoms. The van der Waals surface area contributed by atoms with Gasteiger partial charge in [-0.1, -0.05) is 29.8 Å². The number of benzene rings is 1. The van der Waals surface area contributed by atoms with Gasteiger partial charge >= 0.3 is 0 Å². The molecule has 0 radical (unpaired) electrons.